The zero-order chi connectivity index (χ0) is 9.10. The van der Waals surface area contributed by atoms with Gasteiger partial charge in [-0.05, 0) is 19.9 Å². The molecule has 0 saturated carbocycles. The van der Waals surface area contributed by atoms with Crippen LogP contribution >= 0.6 is 11.3 Å². The first-order valence-corrected chi connectivity index (χ1v) is 5.30. The van der Waals surface area contributed by atoms with Crippen molar-refractivity contribution in [3.8, 4) is 0 Å². The van der Waals surface area contributed by atoms with Gasteiger partial charge in [-0.25, -0.2) is 0 Å². The van der Waals surface area contributed by atoms with Gasteiger partial charge in [0.2, 0.25) is 0 Å². The third-order valence-electron chi connectivity index (χ3n) is 2.02. The van der Waals surface area contributed by atoms with Gasteiger partial charge in [-0.2, -0.15) is 0 Å². The Kier molecular flexibility index (Phi) is 2.87. The molecule has 1 atom stereocenters. The van der Waals surface area contributed by atoms with Gasteiger partial charge >= 0.3 is 0 Å². The number of nitrogens with zero attached hydrogens (tertiary/aromatic N) is 2. The molecule has 1 aromatic heterocycles. The lowest BCUT2D eigenvalue weighted by molar-refractivity contribution is 0.111. The van der Waals surface area contributed by atoms with Crippen LogP contribution in [0, 0.1) is 0 Å². The van der Waals surface area contributed by atoms with Crippen molar-refractivity contribution in [1.29, 1.82) is 0 Å². The molecular weight excluding hydrogens is 186 g/mol. The van der Waals surface area contributed by atoms with Crippen LogP contribution in [-0.2, 0) is 11.3 Å². The topological polar surface area (TPSA) is 47.0 Å². The summed E-state index contributed by atoms with van der Waals surface area (Å²) < 4.78 is 5.52. The zero-order valence-corrected chi connectivity index (χ0v) is 8.43. The van der Waals surface area contributed by atoms with E-state index >= 15 is 0 Å². The van der Waals surface area contributed by atoms with E-state index in [1.807, 2.05) is 7.05 Å². The van der Waals surface area contributed by atoms with Crippen molar-refractivity contribution in [2.75, 3.05) is 13.7 Å². The number of rotatable bonds is 3. The van der Waals surface area contributed by atoms with E-state index in [4.69, 9.17) is 4.74 Å². The summed E-state index contributed by atoms with van der Waals surface area (Å²) in [5.41, 5.74) is 0. The van der Waals surface area contributed by atoms with Crippen LogP contribution < -0.4 is 5.32 Å². The maximum absolute atomic E-state index is 5.52. The Hall–Kier alpha value is -0.520. The average Bonchev–Trinajstić information content (AvgIpc) is 2.70. The Labute approximate surface area is 81.3 Å². The monoisotopic (exact) mass is 199 g/mol. The maximum Gasteiger partial charge on any atom is 0.146 e. The van der Waals surface area contributed by atoms with Crippen molar-refractivity contribution < 1.29 is 4.74 Å². The van der Waals surface area contributed by atoms with Crippen LogP contribution in [0.25, 0.3) is 0 Å². The summed E-state index contributed by atoms with van der Waals surface area (Å²) in [5, 5.41) is 13.3. The number of nitrogens with one attached hydrogen (secondary N) is 1. The van der Waals surface area contributed by atoms with E-state index < -0.39 is 0 Å². The maximum atomic E-state index is 5.52. The normalized spacial score (nSPS) is 22.4. The second kappa shape index (κ2) is 4.13. The highest BCUT2D eigenvalue weighted by Crippen LogP contribution is 2.30. The van der Waals surface area contributed by atoms with Crippen LogP contribution in [0.3, 0.4) is 0 Å². The van der Waals surface area contributed by atoms with Gasteiger partial charge in [0, 0.05) is 13.2 Å². The van der Waals surface area contributed by atoms with E-state index in [1.54, 1.807) is 11.3 Å². The third kappa shape index (κ3) is 2.04. The first-order valence-electron chi connectivity index (χ1n) is 4.48. The van der Waals surface area contributed by atoms with Crippen LogP contribution in [-0.4, -0.2) is 23.9 Å². The summed E-state index contributed by atoms with van der Waals surface area (Å²) in [6.45, 7) is 1.66. The highest BCUT2D eigenvalue weighted by Gasteiger charge is 2.21. The number of aromatic nitrogens is 2. The minimum Gasteiger partial charge on any atom is -0.371 e. The average molecular weight is 199 g/mol. The van der Waals surface area contributed by atoms with E-state index in [0.29, 0.717) is 0 Å². The minimum absolute atomic E-state index is 0.211. The first-order chi connectivity index (χ1) is 6.40. The van der Waals surface area contributed by atoms with Crippen LogP contribution in [0.5, 0.6) is 0 Å². The molecule has 1 fully saturated rings. The summed E-state index contributed by atoms with van der Waals surface area (Å²) in [6.07, 6.45) is 2.45. The van der Waals surface area contributed by atoms with Gasteiger partial charge < -0.3 is 10.1 Å². The Morgan fingerprint density at radius 2 is 2.54 bits per heavy atom. The first kappa shape index (κ1) is 9.05. The van der Waals surface area contributed by atoms with Crippen LogP contribution in [0.1, 0.15) is 29.0 Å². The standard InChI is InChI=1S/C8H13N3OS/c1-9-5-7-10-11-8(13-7)6-3-2-4-12-6/h6,9H,2-5H2,1H3. The molecule has 13 heavy (non-hydrogen) atoms. The predicted octanol–water partition coefficient (Wildman–Crippen LogP) is 1.11. The van der Waals surface area contributed by atoms with Crippen LogP contribution in [0.2, 0.25) is 0 Å². The lowest BCUT2D eigenvalue weighted by atomic mass is 10.2. The third-order valence-corrected chi connectivity index (χ3v) is 3.03. The number of ether oxygens (including phenoxy) is 1. The highest BCUT2D eigenvalue weighted by molar-refractivity contribution is 7.11. The zero-order valence-electron chi connectivity index (χ0n) is 7.62. The molecule has 1 aliphatic heterocycles. The molecule has 1 unspecified atom stereocenters. The smallest absolute Gasteiger partial charge is 0.146 e. The SMILES string of the molecule is CNCc1nnc(C2CCCO2)s1. The molecule has 0 aliphatic carbocycles. The molecule has 0 amide bonds. The summed E-state index contributed by atoms with van der Waals surface area (Å²) in [7, 11) is 1.91. The molecule has 2 rings (SSSR count). The molecule has 0 radical (unpaired) electrons. The predicted molar refractivity (Wildman–Crippen MR) is 50.6 cm³/mol. The molecule has 0 aromatic carbocycles. The molecular formula is C8H13N3OS. The summed E-state index contributed by atoms with van der Waals surface area (Å²) in [5.74, 6) is 0. The molecule has 0 spiro atoms. The molecule has 2 heterocycles. The summed E-state index contributed by atoms with van der Waals surface area (Å²) in [6, 6.07) is 0. The van der Waals surface area contributed by atoms with Crippen molar-refractivity contribution in [3.63, 3.8) is 0 Å². The summed E-state index contributed by atoms with van der Waals surface area (Å²) >= 11 is 1.64. The quantitative estimate of drug-likeness (QED) is 0.792. The van der Waals surface area contributed by atoms with Crippen molar-refractivity contribution in [2.45, 2.75) is 25.5 Å². The van der Waals surface area contributed by atoms with Crippen LogP contribution in [0.4, 0.5) is 0 Å². The fraction of sp³-hybridized carbons (Fsp3) is 0.750. The molecule has 72 valence electrons. The van der Waals surface area contributed by atoms with Crippen molar-refractivity contribution in [2.24, 2.45) is 0 Å². The van der Waals surface area contributed by atoms with Gasteiger partial charge in [-0.1, -0.05) is 11.3 Å². The van der Waals surface area contributed by atoms with E-state index in [9.17, 15) is 0 Å². The molecule has 1 N–H and O–H groups in total. The van der Waals surface area contributed by atoms with Gasteiger partial charge in [-0.15, -0.1) is 10.2 Å². The largest absolute Gasteiger partial charge is 0.371 e. The Morgan fingerprint density at radius 3 is 3.23 bits per heavy atom. The lowest BCUT2D eigenvalue weighted by Gasteiger charge is -2.01. The second-order valence-electron chi connectivity index (χ2n) is 3.07. The van der Waals surface area contributed by atoms with Gasteiger partial charge in [0.25, 0.3) is 0 Å². The van der Waals surface area contributed by atoms with Gasteiger partial charge in [0.1, 0.15) is 16.1 Å². The van der Waals surface area contributed by atoms with E-state index in [0.717, 1.165) is 36.0 Å². The summed E-state index contributed by atoms with van der Waals surface area (Å²) in [4.78, 5) is 0. The molecule has 1 saturated heterocycles. The van der Waals surface area contributed by atoms with Gasteiger partial charge in [0.15, 0.2) is 0 Å². The molecule has 4 nitrogen and oxygen atoms in total. The highest BCUT2D eigenvalue weighted by atomic mass is 32.1. The molecule has 1 aromatic rings. The Bertz CT molecular complexity index is 270. The van der Waals surface area contributed by atoms with Crippen molar-refractivity contribution in [1.82, 2.24) is 15.5 Å². The Morgan fingerprint density at radius 1 is 1.62 bits per heavy atom. The molecule has 5 heteroatoms. The van der Waals surface area contributed by atoms with Crippen molar-refractivity contribution >= 4 is 11.3 Å². The fourth-order valence-electron chi connectivity index (χ4n) is 1.39. The minimum atomic E-state index is 0.211. The fourth-order valence-corrected chi connectivity index (χ4v) is 2.33. The second-order valence-corrected chi connectivity index (χ2v) is 4.16. The number of hydrogen-bond donors (Lipinski definition) is 1. The number of hydrogen-bond acceptors (Lipinski definition) is 5. The van der Waals surface area contributed by atoms with Gasteiger partial charge in [-0.3, -0.25) is 0 Å². The molecule has 1 aliphatic rings. The van der Waals surface area contributed by atoms with E-state index in [2.05, 4.69) is 15.5 Å². The van der Waals surface area contributed by atoms with Crippen molar-refractivity contribution in [3.05, 3.63) is 10.0 Å². The van der Waals surface area contributed by atoms with Crippen LogP contribution in [0.15, 0.2) is 0 Å². The van der Waals surface area contributed by atoms with E-state index in [-0.39, 0.29) is 6.10 Å². The van der Waals surface area contributed by atoms with Gasteiger partial charge in [0.05, 0.1) is 0 Å². The Balaban J connectivity index is 2.03. The van der Waals surface area contributed by atoms with E-state index in [1.165, 1.54) is 0 Å². The molecule has 0 bridgehead atoms. The lowest BCUT2D eigenvalue weighted by Crippen LogP contribution is -2.04.